The molecule has 0 bridgehead atoms. The Balaban J connectivity index is 4.30. The predicted octanol–water partition coefficient (Wildman–Crippen LogP) is 14.9. The highest BCUT2D eigenvalue weighted by Gasteiger charge is 2.31. The van der Waals surface area contributed by atoms with E-state index in [0.29, 0.717) is 19.3 Å². The number of likely N-dealkylation sites (N-methyl/N-ethyl adjacent to an activating group) is 1. The van der Waals surface area contributed by atoms with Gasteiger partial charge in [0.15, 0.2) is 12.1 Å². The highest BCUT2D eigenvalue weighted by molar-refractivity contribution is 5.72. The average molecular weight is 885 g/mol. The first-order valence-corrected chi connectivity index (χ1v) is 25.8. The summed E-state index contributed by atoms with van der Waals surface area (Å²) in [5.41, 5.74) is 0. The van der Waals surface area contributed by atoms with Crippen LogP contribution in [0.25, 0.3) is 0 Å². The number of quaternary nitrogens is 1. The van der Waals surface area contributed by atoms with Gasteiger partial charge in [-0.15, -0.1) is 0 Å². The summed E-state index contributed by atoms with van der Waals surface area (Å²) in [4.78, 5) is 37.1. The molecule has 1 N–H and O–H groups in total. The third-order valence-corrected chi connectivity index (χ3v) is 11.4. The van der Waals surface area contributed by atoms with Gasteiger partial charge >= 0.3 is 17.9 Å². The summed E-state index contributed by atoms with van der Waals surface area (Å²) in [6.07, 6.45) is 57.1. The number of carboxylic acids is 1. The summed E-state index contributed by atoms with van der Waals surface area (Å²) in [6, 6.07) is -0.627. The zero-order valence-electron chi connectivity index (χ0n) is 41.5. The third kappa shape index (κ3) is 44.0. The first kappa shape index (κ1) is 60.0. The quantitative estimate of drug-likeness (QED) is 0.0281. The van der Waals surface area contributed by atoms with Crippen molar-refractivity contribution >= 4 is 17.9 Å². The molecular weight excluding hydrogens is 787 g/mol. The van der Waals surface area contributed by atoms with Gasteiger partial charge in [0.25, 0.3) is 0 Å². The van der Waals surface area contributed by atoms with E-state index in [2.05, 4.69) is 74.6 Å². The number of ether oxygens (including phenoxy) is 3. The second kappa shape index (κ2) is 45.6. The minimum absolute atomic E-state index is 0.0366. The van der Waals surface area contributed by atoms with E-state index in [9.17, 15) is 19.5 Å². The predicted molar refractivity (Wildman–Crippen MR) is 266 cm³/mol. The van der Waals surface area contributed by atoms with Gasteiger partial charge in [-0.2, -0.15) is 0 Å². The molecule has 0 aromatic rings. The standard InChI is InChI=1S/C55H97NO7/c1-6-8-10-12-14-16-18-20-22-24-25-26-27-28-30-31-33-35-37-39-41-43-45-53(57)62-50-51(49-61-48-47-52(55(59)60)56(3,4)5)63-54(58)46-44-42-40-38-36-34-32-29-23-21-19-17-15-13-11-9-7-2/h15,17,21,23,27-28,32,34,38,40,51-52H,6-14,16,18-20,22,24-26,29-31,33,35-37,39,41-50H2,1-5H3/p+1/b17-15+,23-21+,28-27+,34-32+,40-38+. The van der Waals surface area contributed by atoms with Crippen molar-refractivity contribution in [3.8, 4) is 0 Å². The van der Waals surface area contributed by atoms with Crippen LogP contribution in [0, 0.1) is 0 Å². The molecule has 0 radical (unpaired) electrons. The van der Waals surface area contributed by atoms with Crippen molar-refractivity contribution in [1.82, 2.24) is 0 Å². The van der Waals surface area contributed by atoms with Crippen molar-refractivity contribution in [2.24, 2.45) is 0 Å². The number of carbonyl (C=O) groups excluding carboxylic acids is 2. The number of allylic oxidation sites excluding steroid dienone is 10. The largest absolute Gasteiger partial charge is 0.477 e. The van der Waals surface area contributed by atoms with Crippen molar-refractivity contribution < 1.29 is 38.2 Å². The molecule has 8 nitrogen and oxygen atoms in total. The van der Waals surface area contributed by atoms with Crippen LogP contribution in [-0.4, -0.2) is 80.6 Å². The lowest BCUT2D eigenvalue weighted by Crippen LogP contribution is -2.50. The van der Waals surface area contributed by atoms with Crippen LogP contribution in [0.5, 0.6) is 0 Å². The van der Waals surface area contributed by atoms with Crippen molar-refractivity contribution in [1.29, 1.82) is 0 Å². The summed E-state index contributed by atoms with van der Waals surface area (Å²) in [5.74, 6) is -1.54. The van der Waals surface area contributed by atoms with Crippen LogP contribution in [0.1, 0.15) is 219 Å². The minimum Gasteiger partial charge on any atom is -0.477 e. The molecule has 2 unspecified atom stereocenters. The molecule has 0 saturated carbocycles. The number of aliphatic carboxylic acids is 1. The molecule has 0 heterocycles. The molecule has 2 atom stereocenters. The fraction of sp³-hybridized carbons (Fsp3) is 0.764. The molecule has 0 aliphatic heterocycles. The molecule has 364 valence electrons. The summed E-state index contributed by atoms with van der Waals surface area (Å²) < 4.78 is 17.3. The smallest absolute Gasteiger partial charge is 0.362 e. The lowest BCUT2D eigenvalue weighted by atomic mass is 10.0. The third-order valence-electron chi connectivity index (χ3n) is 11.4. The fourth-order valence-electron chi connectivity index (χ4n) is 7.37. The van der Waals surface area contributed by atoms with E-state index in [1.165, 1.54) is 135 Å². The van der Waals surface area contributed by atoms with E-state index in [-0.39, 0.29) is 42.7 Å². The Hall–Kier alpha value is -2.97. The molecule has 0 rings (SSSR count). The Morgan fingerprint density at radius 3 is 1.33 bits per heavy atom. The SMILES string of the molecule is CCCCC/C=C/C/C=C/C/C=C/C/C=C/CCCC(=O)OC(COCCC(C(=O)O)[N+](C)(C)C)COC(=O)CCCCCCCCC/C=C/CCCCCCCCCCCCC. The molecular formula is C55H98NO7+. The number of carboxylic acid groups (broad SMARTS) is 1. The van der Waals surface area contributed by atoms with E-state index in [1.54, 1.807) is 0 Å². The second-order valence-electron chi connectivity index (χ2n) is 18.4. The zero-order chi connectivity index (χ0) is 46.3. The maximum absolute atomic E-state index is 12.8. The molecule has 0 fully saturated rings. The molecule has 0 amide bonds. The van der Waals surface area contributed by atoms with Gasteiger partial charge in [-0.25, -0.2) is 4.79 Å². The van der Waals surface area contributed by atoms with Gasteiger partial charge in [-0.3, -0.25) is 9.59 Å². The Kier molecular flexibility index (Phi) is 43.4. The van der Waals surface area contributed by atoms with Crippen LogP contribution >= 0.6 is 0 Å². The first-order valence-electron chi connectivity index (χ1n) is 25.8. The Morgan fingerprint density at radius 1 is 0.476 bits per heavy atom. The molecule has 63 heavy (non-hydrogen) atoms. The molecule has 0 aromatic carbocycles. The van der Waals surface area contributed by atoms with Gasteiger partial charge < -0.3 is 23.8 Å². The van der Waals surface area contributed by atoms with E-state index >= 15 is 0 Å². The Labute approximate surface area is 388 Å². The Bertz CT molecular complexity index is 1210. The molecule has 0 saturated heterocycles. The van der Waals surface area contributed by atoms with E-state index in [1.807, 2.05) is 21.1 Å². The van der Waals surface area contributed by atoms with Crippen molar-refractivity contribution in [3.05, 3.63) is 60.8 Å². The Morgan fingerprint density at radius 2 is 0.857 bits per heavy atom. The van der Waals surface area contributed by atoms with E-state index < -0.39 is 18.1 Å². The minimum atomic E-state index is -0.884. The van der Waals surface area contributed by atoms with Crippen molar-refractivity contribution in [2.45, 2.75) is 231 Å². The first-order chi connectivity index (χ1) is 30.6. The molecule has 8 heteroatoms. The van der Waals surface area contributed by atoms with Gasteiger partial charge in [0.1, 0.15) is 6.61 Å². The van der Waals surface area contributed by atoms with Gasteiger partial charge in [-0.1, -0.05) is 184 Å². The average Bonchev–Trinajstić information content (AvgIpc) is 3.24. The fourth-order valence-corrected chi connectivity index (χ4v) is 7.37. The highest BCUT2D eigenvalue weighted by Crippen LogP contribution is 2.15. The van der Waals surface area contributed by atoms with Crippen LogP contribution < -0.4 is 0 Å². The number of rotatable bonds is 46. The zero-order valence-corrected chi connectivity index (χ0v) is 41.5. The molecule has 0 aliphatic rings. The number of unbranched alkanes of at least 4 members (excludes halogenated alkanes) is 22. The van der Waals surface area contributed by atoms with Crippen LogP contribution in [0.2, 0.25) is 0 Å². The van der Waals surface area contributed by atoms with Crippen molar-refractivity contribution in [3.63, 3.8) is 0 Å². The second-order valence-corrected chi connectivity index (χ2v) is 18.4. The normalized spacial score (nSPS) is 13.3. The summed E-state index contributed by atoms with van der Waals surface area (Å²) >= 11 is 0. The number of carbonyl (C=O) groups is 3. The number of esters is 2. The number of hydrogen-bond acceptors (Lipinski definition) is 6. The maximum atomic E-state index is 12.8. The summed E-state index contributed by atoms with van der Waals surface area (Å²) in [6.45, 7) is 4.66. The van der Waals surface area contributed by atoms with Crippen LogP contribution in [-0.2, 0) is 28.6 Å². The molecule has 0 aromatic heterocycles. The van der Waals surface area contributed by atoms with Crippen LogP contribution in [0.4, 0.5) is 0 Å². The number of hydrogen-bond donors (Lipinski definition) is 1. The van der Waals surface area contributed by atoms with Gasteiger partial charge in [0, 0.05) is 19.3 Å². The molecule has 0 aliphatic carbocycles. The van der Waals surface area contributed by atoms with Crippen molar-refractivity contribution in [2.75, 3.05) is 41.0 Å². The number of nitrogens with zero attached hydrogens (tertiary/aromatic N) is 1. The summed E-state index contributed by atoms with van der Waals surface area (Å²) in [5, 5.41) is 9.65. The van der Waals surface area contributed by atoms with E-state index in [4.69, 9.17) is 14.2 Å². The molecule has 0 spiro atoms. The lowest BCUT2D eigenvalue weighted by Gasteiger charge is -2.31. The van der Waals surface area contributed by atoms with E-state index in [0.717, 1.165) is 44.9 Å². The highest BCUT2D eigenvalue weighted by atomic mass is 16.6. The summed E-state index contributed by atoms with van der Waals surface area (Å²) in [7, 11) is 5.51. The maximum Gasteiger partial charge on any atom is 0.362 e. The topological polar surface area (TPSA) is 99.1 Å². The van der Waals surface area contributed by atoms with Gasteiger partial charge in [0.05, 0.1) is 34.4 Å². The van der Waals surface area contributed by atoms with Crippen LogP contribution in [0.15, 0.2) is 60.8 Å². The van der Waals surface area contributed by atoms with Gasteiger partial charge in [0.2, 0.25) is 0 Å². The monoisotopic (exact) mass is 885 g/mol. The lowest BCUT2D eigenvalue weighted by molar-refractivity contribution is -0.887. The van der Waals surface area contributed by atoms with Crippen LogP contribution in [0.3, 0.4) is 0 Å². The van der Waals surface area contributed by atoms with Gasteiger partial charge in [-0.05, 0) is 77.0 Å².